The van der Waals surface area contributed by atoms with Gasteiger partial charge in [0.15, 0.2) is 11.6 Å². The molecule has 3 aromatic heterocycles. The molecule has 0 aliphatic carbocycles. The largest absolute Gasteiger partial charge is 0.456 e. The molecule has 0 radical (unpaired) electrons. The van der Waals surface area contributed by atoms with Crippen LogP contribution in [0, 0.1) is 0 Å². The second-order valence-corrected chi connectivity index (χ2v) is 16.7. The zero-order chi connectivity index (χ0) is 41.9. The number of aromatic nitrogens is 5. The smallest absolute Gasteiger partial charge is 0.238 e. The summed E-state index contributed by atoms with van der Waals surface area (Å²) in [4.78, 5) is 15.7. The third-order valence-electron chi connectivity index (χ3n) is 13.5. The van der Waals surface area contributed by atoms with Crippen LogP contribution < -0.4 is 4.74 Å². The van der Waals surface area contributed by atoms with Crippen LogP contribution in [-0.2, 0) is 5.41 Å². The van der Waals surface area contributed by atoms with Gasteiger partial charge >= 0.3 is 0 Å². The van der Waals surface area contributed by atoms with Gasteiger partial charge in [-0.3, -0.25) is 4.57 Å². The van der Waals surface area contributed by atoms with E-state index in [0.717, 1.165) is 66.7 Å². The van der Waals surface area contributed by atoms with E-state index in [-0.39, 0.29) is 0 Å². The summed E-state index contributed by atoms with van der Waals surface area (Å²) < 4.78 is 12.0. The van der Waals surface area contributed by atoms with E-state index in [1.54, 1.807) is 0 Å². The van der Waals surface area contributed by atoms with E-state index in [4.69, 9.17) is 19.7 Å². The Labute approximate surface area is 368 Å². The summed E-state index contributed by atoms with van der Waals surface area (Å²) in [6.45, 7) is 0. The molecule has 0 saturated carbocycles. The van der Waals surface area contributed by atoms with Crippen molar-refractivity contribution in [1.82, 2.24) is 24.1 Å². The average molecular weight is 818 g/mol. The first-order valence-corrected chi connectivity index (χ1v) is 21.7. The molecule has 12 aromatic rings. The summed E-state index contributed by atoms with van der Waals surface area (Å²) in [6.07, 6.45) is 0. The summed E-state index contributed by atoms with van der Waals surface area (Å²) >= 11 is 0. The zero-order valence-electron chi connectivity index (χ0n) is 34.4. The lowest BCUT2D eigenvalue weighted by molar-refractivity contribution is 0.439. The minimum atomic E-state index is -0.700. The Morgan fingerprint density at radius 1 is 0.359 bits per heavy atom. The van der Waals surface area contributed by atoms with Gasteiger partial charge in [-0.05, 0) is 52.6 Å². The maximum atomic E-state index is 7.29. The molecule has 0 fully saturated rings. The maximum absolute atomic E-state index is 7.29. The van der Waals surface area contributed by atoms with Gasteiger partial charge in [-0.15, -0.1) is 0 Å². The maximum Gasteiger partial charge on any atom is 0.238 e. The van der Waals surface area contributed by atoms with Crippen LogP contribution in [0.5, 0.6) is 11.5 Å². The minimum Gasteiger partial charge on any atom is -0.456 e. The quantitative estimate of drug-likeness (QED) is 0.177. The molecule has 5 heterocycles. The molecule has 14 rings (SSSR count). The van der Waals surface area contributed by atoms with Crippen molar-refractivity contribution in [1.29, 1.82) is 0 Å². The van der Waals surface area contributed by atoms with Gasteiger partial charge in [-0.2, -0.15) is 9.97 Å². The number of nitrogens with zero attached hydrogens (tertiary/aromatic N) is 5. The molecule has 0 saturated heterocycles. The van der Waals surface area contributed by atoms with Gasteiger partial charge in [0.1, 0.15) is 11.5 Å². The summed E-state index contributed by atoms with van der Waals surface area (Å²) in [7, 11) is 0. The van der Waals surface area contributed by atoms with Crippen molar-refractivity contribution in [3.05, 3.63) is 235 Å². The van der Waals surface area contributed by atoms with Crippen LogP contribution >= 0.6 is 0 Å². The molecule has 9 aromatic carbocycles. The van der Waals surface area contributed by atoms with Crippen molar-refractivity contribution in [2.75, 3.05) is 0 Å². The number of hydrogen-bond donors (Lipinski definition) is 0. The Morgan fingerprint density at radius 2 is 0.922 bits per heavy atom. The highest BCUT2D eigenvalue weighted by Gasteiger charge is 2.51. The van der Waals surface area contributed by atoms with Crippen molar-refractivity contribution < 1.29 is 4.74 Å². The SMILES string of the molecule is c1ccc(-c2ccc(-c3nc(-c4ccccc4)nc(-n4c5ccccc5c5c6c(ccc54)C4(c5ccccc5O6)c5ccccc5-n5c6ccccc6c6cccc4c65)n3)cc2)cc1. The third kappa shape index (κ3) is 4.71. The summed E-state index contributed by atoms with van der Waals surface area (Å²) in [6, 6.07) is 75.3. The van der Waals surface area contributed by atoms with E-state index < -0.39 is 5.41 Å². The molecule has 298 valence electrons. The van der Waals surface area contributed by atoms with Crippen LogP contribution in [0.4, 0.5) is 0 Å². The molecule has 0 amide bonds. The van der Waals surface area contributed by atoms with Crippen LogP contribution in [0.2, 0.25) is 0 Å². The first-order valence-electron chi connectivity index (χ1n) is 21.7. The Bertz CT molecular complexity index is 3870. The number of benzene rings is 9. The van der Waals surface area contributed by atoms with Crippen molar-refractivity contribution >= 4 is 43.6 Å². The second-order valence-electron chi connectivity index (χ2n) is 16.7. The molecule has 0 N–H and O–H groups in total. The average Bonchev–Trinajstić information content (AvgIpc) is 3.90. The Morgan fingerprint density at radius 3 is 1.70 bits per heavy atom. The Balaban J connectivity index is 1.06. The predicted octanol–water partition coefficient (Wildman–Crippen LogP) is 13.9. The highest BCUT2D eigenvalue weighted by molar-refractivity contribution is 6.15. The molecule has 6 nitrogen and oxygen atoms in total. The van der Waals surface area contributed by atoms with E-state index in [9.17, 15) is 0 Å². The van der Waals surface area contributed by atoms with Crippen LogP contribution in [0.25, 0.3) is 89.2 Å². The van der Waals surface area contributed by atoms with Crippen LogP contribution in [0.3, 0.4) is 0 Å². The van der Waals surface area contributed by atoms with Gasteiger partial charge in [0.25, 0.3) is 0 Å². The van der Waals surface area contributed by atoms with E-state index in [0.29, 0.717) is 17.6 Å². The number of fused-ring (bicyclic) bond motifs is 15. The molecule has 0 bridgehead atoms. The number of hydrogen-bond acceptors (Lipinski definition) is 4. The van der Waals surface area contributed by atoms with Crippen molar-refractivity contribution in [2.45, 2.75) is 5.41 Å². The fourth-order valence-corrected chi connectivity index (χ4v) is 10.8. The van der Waals surface area contributed by atoms with Gasteiger partial charge in [0.2, 0.25) is 5.95 Å². The number of ether oxygens (including phenoxy) is 1. The fourth-order valence-electron chi connectivity index (χ4n) is 10.8. The lowest BCUT2D eigenvalue weighted by Crippen LogP contribution is -2.37. The van der Waals surface area contributed by atoms with Gasteiger partial charge < -0.3 is 9.30 Å². The molecular formula is C58H35N5O. The van der Waals surface area contributed by atoms with Gasteiger partial charge in [-0.25, -0.2) is 4.98 Å². The first kappa shape index (κ1) is 35.0. The predicted molar refractivity (Wildman–Crippen MR) is 257 cm³/mol. The van der Waals surface area contributed by atoms with E-state index in [1.807, 2.05) is 24.3 Å². The van der Waals surface area contributed by atoms with E-state index in [1.165, 1.54) is 38.6 Å². The summed E-state index contributed by atoms with van der Waals surface area (Å²) in [5.74, 6) is 3.40. The molecular weight excluding hydrogens is 783 g/mol. The van der Waals surface area contributed by atoms with Crippen LogP contribution in [0.15, 0.2) is 212 Å². The summed E-state index contributed by atoms with van der Waals surface area (Å²) in [5.41, 5.74) is 13.6. The third-order valence-corrected chi connectivity index (χ3v) is 13.5. The number of para-hydroxylation sites is 5. The standard InChI is InChI=1S/C58H35N5O/c1-3-16-36(17-4-1)37-30-32-39(33-31-37)56-59-55(38-18-5-2-6-19-38)60-57(61-56)63-48-27-12-8-21-42(48)52-50(63)35-34-46-54(52)64-51-29-14-10-24-44(51)58(46)43-23-9-13-28-49(43)62-47-26-11-7-20-40(47)41-22-15-25-45(58)53(41)62/h1-35H. The molecule has 6 heteroatoms. The monoisotopic (exact) mass is 817 g/mol. The normalized spacial score (nSPS) is 14.8. The topological polar surface area (TPSA) is 57.8 Å². The van der Waals surface area contributed by atoms with E-state index in [2.05, 4.69) is 197 Å². The Hall–Kier alpha value is -8.61. The van der Waals surface area contributed by atoms with E-state index >= 15 is 0 Å². The first-order chi connectivity index (χ1) is 31.8. The minimum absolute atomic E-state index is 0.533. The molecule has 64 heavy (non-hydrogen) atoms. The van der Waals surface area contributed by atoms with Gasteiger partial charge in [0, 0.05) is 38.4 Å². The highest BCUT2D eigenvalue weighted by Crippen LogP contribution is 2.62. The number of rotatable bonds is 4. The highest BCUT2D eigenvalue weighted by atomic mass is 16.5. The van der Waals surface area contributed by atoms with Crippen molar-refractivity contribution in [2.24, 2.45) is 0 Å². The summed E-state index contributed by atoms with van der Waals surface area (Å²) in [5, 5.41) is 4.53. The fraction of sp³-hybridized carbons (Fsp3) is 0.0172. The lowest BCUT2D eigenvalue weighted by atomic mass is 9.61. The molecule has 1 unspecified atom stereocenters. The van der Waals surface area contributed by atoms with Gasteiger partial charge in [0.05, 0.1) is 38.6 Å². The molecule has 1 atom stereocenters. The van der Waals surface area contributed by atoms with Gasteiger partial charge in [-0.1, -0.05) is 182 Å². The van der Waals surface area contributed by atoms with Crippen LogP contribution in [0.1, 0.15) is 22.3 Å². The van der Waals surface area contributed by atoms with Crippen molar-refractivity contribution in [3.63, 3.8) is 0 Å². The second kappa shape index (κ2) is 13.2. The molecule has 1 spiro atoms. The van der Waals surface area contributed by atoms with Crippen molar-refractivity contribution in [3.8, 4) is 57.0 Å². The molecule has 2 aliphatic heterocycles. The molecule has 2 aliphatic rings. The van der Waals surface area contributed by atoms with Crippen LogP contribution in [-0.4, -0.2) is 24.1 Å². The Kier molecular flexibility index (Phi) is 7.22. The lowest BCUT2D eigenvalue weighted by Gasteiger charge is -2.45. The zero-order valence-corrected chi connectivity index (χ0v) is 34.4.